The Morgan fingerprint density at radius 1 is 0.854 bits per heavy atom. The minimum Gasteiger partial charge on any atom is -0.507 e. The highest BCUT2D eigenvalue weighted by Crippen LogP contribution is 2.66. The molecule has 16 heteroatoms. The van der Waals surface area contributed by atoms with Crippen LogP contribution in [0.5, 0.6) is 5.75 Å². The standard InChI is InChI=1S/C32H19Cl2F5N2O7/c1-48-30(47)41-26(43)15-7-6-14-16(18(15)27(41)44)10-31(33)28(45)40(25-23(38)21(36)20(35)22(37)24(25)39)29(46)32(31,34)19(14)13-8-9-17(42)12-5-3-2-4-11(12)13/h2-6,8-9,15-16,18-19,42H,7,10H2,1H3/t15-,16+,18-,19-,31+,32-/m0/s1. The summed E-state index contributed by atoms with van der Waals surface area (Å²) < 4.78 is 77.8. The van der Waals surface area contributed by atoms with Crippen LogP contribution in [0.3, 0.4) is 0 Å². The lowest BCUT2D eigenvalue weighted by atomic mass is 9.56. The second kappa shape index (κ2) is 10.5. The number of methoxy groups -OCH3 is 1. The molecule has 1 N–H and O–H groups in total. The first-order valence-electron chi connectivity index (χ1n) is 14.3. The number of amides is 5. The molecular weight excluding hydrogens is 690 g/mol. The Hall–Kier alpha value is -4.56. The molecule has 6 atom stereocenters. The van der Waals surface area contributed by atoms with Crippen LogP contribution in [-0.4, -0.2) is 56.6 Å². The Morgan fingerprint density at radius 3 is 2.08 bits per heavy atom. The largest absolute Gasteiger partial charge is 0.507 e. The molecule has 0 bridgehead atoms. The molecular formula is C32H19Cl2F5N2O7. The van der Waals surface area contributed by atoms with Gasteiger partial charge in [0.15, 0.2) is 33.0 Å². The summed E-state index contributed by atoms with van der Waals surface area (Å²) in [7, 11) is 0.952. The number of halogens is 7. The third kappa shape index (κ3) is 3.75. The van der Waals surface area contributed by atoms with Gasteiger partial charge in [-0.25, -0.2) is 31.6 Å². The lowest BCUT2D eigenvalue weighted by molar-refractivity contribution is -0.138. The monoisotopic (exact) mass is 708 g/mol. The summed E-state index contributed by atoms with van der Waals surface area (Å²) >= 11 is 14.2. The van der Waals surface area contributed by atoms with Crippen molar-refractivity contribution in [2.45, 2.75) is 28.5 Å². The van der Waals surface area contributed by atoms with Gasteiger partial charge in [0, 0.05) is 11.3 Å². The van der Waals surface area contributed by atoms with Crippen molar-refractivity contribution >= 4 is 69.4 Å². The number of anilines is 1. The van der Waals surface area contributed by atoms with E-state index in [0.717, 1.165) is 7.11 Å². The first-order chi connectivity index (χ1) is 22.6. The van der Waals surface area contributed by atoms with Crippen LogP contribution in [0, 0.1) is 46.8 Å². The zero-order valence-electron chi connectivity index (χ0n) is 24.2. The molecule has 3 aromatic rings. The number of likely N-dealkylation sites (tertiary alicyclic amines) is 1. The predicted octanol–water partition coefficient (Wildman–Crippen LogP) is 5.57. The van der Waals surface area contributed by atoms with Gasteiger partial charge in [-0.15, -0.1) is 23.2 Å². The number of carbonyl (C=O) groups is 5. The Labute approximate surface area is 276 Å². The van der Waals surface area contributed by atoms with Crippen molar-refractivity contribution in [3.05, 3.63) is 82.7 Å². The molecule has 9 nitrogen and oxygen atoms in total. The quantitative estimate of drug-likeness (QED) is 0.0923. The summed E-state index contributed by atoms with van der Waals surface area (Å²) in [5.41, 5.74) is -1.57. The summed E-state index contributed by atoms with van der Waals surface area (Å²) in [5.74, 6) is -23.1. The number of hydrogen-bond acceptors (Lipinski definition) is 7. The third-order valence-corrected chi connectivity index (χ3v) is 11.2. The van der Waals surface area contributed by atoms with E-state index in [2.05, 4.69) is 4.74 Å². The number of fused-ring (bicyclic) bond motifs is 5. The molecule has 2 heterocycles. The smallest absolute Gasteiger partial charge is 0.423 e. The molecule has 0 spiro atoms. The zero-order chi connectivity index (χ0) is 34.8. The number of carbonyl (C=O) groups excluding carboxylic acids is 5. The number of benzene rings is 3. The van der Waals surface area contributed by atoms with E-state index in [1.54, 1.807) is 12.1 Å². The third-order valence-electron chi connectivity index (χ3n) is 9.82. The van der Waals surface area contributed by atoms with E-state index < -0.39 is 104 Å². The van der Waals surface area contributed by atoms with E-state index in [1.165, 1.54) is 30.3 Å². The minimum atomic E-state index is -2.74. The molecule has 5 amide bonds. The maximum Gasteiger partial charge on any atom is 0.423 e. The van der Waals surface area contributed by atoms with E-state index in [4.69, 9.17) is 23.2 Å². The number of alkyl halides is 2. The van der Waals surface area contributed by atoms with Crippen LogP contribution in [0.1, 0.15) is 24.3 Å². The van der Waals surface area contributed by atoms with Crippen molar-refractivity contribution in [2.75, 3.05) is 12.0 Å². The summed E-state index contributed by atoms with van der Waals surface area (Å²) in [5, 5.41) is 11.1. The van der Waals surface area contributed by atoms with Gasteiger partial charge in [-0.3, -0.25) is 19.2 Å². The molecule has 0 aromatic heterocycles. The molecule has 248 valence electrons. The zero-order valence-corrected chi connectivity index (χ0v) is 25.7. The Balaban J connectivity index is 1.51. The van der Waals surface area contributed by atoms with Gasteiger partial charge >= 0.3 is 6.09 Å². The molecule has 2 saturated heterocycles. The number of ether oxygens (including phenoxy) is 1. The second-order valence-electron chi connectivity index (χ2n) is 11.9. The first-order valence-corrected chi connectivity index (χ1v) is 15.0. The average Bonchev–Trinajstić information content (AvgIpc) is 3.41. The number of imide groups is 4. The van der Waals surface area contributed by atoms with Crippen molar-refractivity contribution in [1.29, 1.82) is 0 Å². The number of phenolic OH excluding ortho intramolecular Hbond substituents is 1. The van der Waals surface area contributed by atoms with Crippen LogP contribution in [0.2, 0.25) is 0 Å². The lowest BCUT2D eigenvalue weighted by Gasteiger charge is -2.51. The molecule has 2 aliphatic heterocycles. The molecule has 2 aliphatic carbocycles. The molecule has 4 aliphatic rings. The summed E-state index contributed by atoms with van der Waals surface area (Å²) in [6.07, 6.45) is -0.673. The highest BCUT2D eigenvalue weighted by atomic mass is 35.5. The van der Waals surface area contributed by atoms with Crippen LogP contribution >= 0.6 is 23.2 Å². The van der Waals surface area contributed by atoms with Crippen LogP contribution in [0.25, 0.3) is 10.8 Å². The van der Waals surface area contributed by atoms with Crippen LogP contribution in [-0.2, 0) is 23.9 Å². The maximum absolute atomic E-state index is 15.2. The average molecular weight is 709 g/mol. The Bertz CT molecular complexity index is 2070. The summed E-state index contributed by atoms with van der Waals surface area (Å²) in [6, 6.07) is 8.80. The van der Waals surface area contributed by atoms with E-state index >= 15 is 8.78 Å². The predicted molar refractivity (Wildman–Crippen MR) is 156 cm³/mol. The number of rotatable bonds is 2. The van der Waals surface area contributed by atoms with Gasteiger partial charge in [0.2, 0.25) is 17.6 Å². The Morgan fingerprint density at radius 2 is 1.46 bits per heavy atom. The molecule has 0 radical (unpaired) electrons. The number of hydrogen-bond donors (Lipinski definition) is 1. The van der Waals surface area contributed by atoms with Gasteiger partial charge in [-0.2, -0.15) is 4.90 Å². The number of allylic oxidation sites excluding steroid dienone is 2. The van der Waals surface area contributed by atoms with Crippen molar-refractivity contribution in [3.63, 3.8) is 0 Å². The molecule has 1 saturated carbocycles. The van der Waals surface area contributed by atoms with Gasteiger partial charge in [0.1, 0.15) is 11.4 Å². The fourth-order valence-electron chi connectivity index (χ4n) is 7.74. The lowest BCUT2D eigenvalue weighted by Crippen LogP contribution is -2.60. The molecule has 3 aromatic carbocycles. The van der Waals surface area contributed by atoms with E-state index in [-0.39, 0.29) is 39.0 Å². The van der Waals surface area contributed by atoms with Crippen molar-refractivity contribution in [2.24, 2.45) is 17.8 Å². The number of aromatic hydroxyl groups is 1. The molecule has 0 unspecified atom stereocenters. The number of nitrogens with zero attached hydrogens (tertiary/aromatic N) is 2. The molecule has 7 rings (SSSR count). The van der Waals surface area contributed by atoms with E-state index in [9.17, 15) is 42.3 Å². The van der Waals surface area contributed by atoms with Crippen molar-refractivity contribution in [3.8, 4) is 5.75 Å². The summed E-state index contributed by atoms with van der Waals surface area (Å²) in [4.78, 5) is 62.6. The topological polar surface area (TPSA) is 121 Å². The molecule has 48 heavy (non-hydrogen) atoms. The van der Waals surface area contributed by atoms with Crippen LogP contribution in [0.4, 0.5) is 32.4 Å². The SMILES string of the molecule is COC(=O)N1C(=O)[C@H]2[C@H](CC=C3[C@H]2C[C@@]2(Cl)C(=O)N(c4c(F)c(F)c(F)c(F)c4F)C(=O)[C@@]2(Cl)[C@H]3c2ccc(O)c3ccccc23)C1=O. The van der Waals surface area contributed by atoms with Crippen LogP contribution in [0.15, 0.2) is 48.0 Å². The molecule has 3 fully saturated rings. The number of phenols is 1. The fraction of sp³-hybridized carbons (Fsp3) is 0.281. The van der Waals surface area contributed by atoms with Crippen LogP contribution < -0.4 is 4.90 Å². The van der Waals surface area contributed by atoms with Gasteiger partial charge in [0.05, 0.1) is 18.9 Å². The highest BCUT2D eigenvalue weighted by Gasteiger charge is 2.77. The summed E-state index contributed by atoms with van der Waals surface area (Å²) in [6.45, 7) is 0. The highest BCUT2D eigenvalue weighted by molar-refractivity contribution is 6.58. The van der Waals surface area contributed by atoms with Gasteiger partial charge in [-0.05, 0) is 35.8 Å². The second-order valence-corrected chi connectivity index (χ2v) is 13.1. The normalized spacial score (nSPS) is 29.6. The van der Waals surface area contributed by atoms with E-state index in [1.807, 2.05) is 0 Å². The van der Waals surface area contributed by atoms with Gasteiger partial charge in [0.25, 0.3) is 11.8 Å². The maximum atomic E-state index is 15.2. The Kier molecular flexibility index (Phi) is 6.98. The minimum absolute atomic E-state index is 0.139. The fourth-order valence-corrected chi connectivity index (χ4v) is 8.67. The van der Waals surface area contributed by atoms with Crippen molar-refractivity contribution in [1.82, 2.24) is 4.90 Å². The van der Waals surface area contributed by atoms with Gasteiger partial charge < -0.3 is 9.84 Å². The van der Waals surface area contributed by atoms with E-state index in [0.29, 0.717) is 4.90 Å². The van der Waals surface area contributed by atoms with Crippen molar-refractivity contribution < 1.29 is 55.8 Å². The first kappa shape index (κ1) is 32.0. The van der Waals surface area contributed by atoms with Gasteiger partial charge in [-0.1, -0.05) is 42.0 Å².